The summed E-state index contributed by atoms with van der Waals surface area (Å²) < 4.78 is 0. The lowest BCUT2D eigenvalue weighted by Crippen LogP contribution is -2.11. The highest BCUT2D eigenvalue weighted by Crippen LogP contribution is 2.26. The number of rotatable bonds is 5. The standard InChI is InChI=1S/C17H17ClN2/c1-2-5-16(13-8-10-15(18)11-9-13)20-17-7-4-3-6-14(17)12-19/h3-4,6-11,16,20H,2,5H2,1H3. The van der Waals surface area contributed by atoms with Gasteiger partial charge in [-0.1, -0.05) is 49.2 Å². The van der Waals surface area contributed by atoms with Crippen molar-refractivity contribution in [1.82, 2.24) is 0 Å². The van der Waals surface area contributed by atoms with Crippen LogP contribution >= 0.6 is 11.6 Å². The molecule has 0 amide bonds. The summed E-state index contributed by atoms with van der Waals surface area (Å²) in [4.78, 5) is 0. The Morgan fingerprint density at radius 2 is 1.85 bits per heavy atom. The molecule has 2 aromatic carbocycles. The maximum Gasteiger partial charge on any atom is 0.101 e. The van der Waals surface area contributed by atoms with Crippen molar-refractivity contribution in [2.45, 2.75) is 25.8 Å². The minimum atomic E-state index is 0.187. The van der Waals surface area contributed by atoms with Crippen LogP contribution in [0.4, 0.5) is 5.69 Å². The number of hydrogen-bond donors (Lipinski definition) is 1. The van der Waals surface area contributed by atoms with Gasteiger partial charge in [0.15, 0.2) is 0 Å². The van der Waals surface area contributed by atoms with Gasteiger partial charge in [0.2, 0.25) is 0 Å². The first kappa shape index (κ1) is 14.4. The maximum absolute atomic E-state index is 9.16. The highest BCUT2D eigenvalue weighted by atomic mass is 35.5. The maximum atomic E-state index is 9.16. The lowest BCUT2D eigenvalue weighted by atomic mass is 10.0. The highest BCUT2D eigenvalue weighted by molar-refractivity contribution is 6.30. The third-order valence-electron chi connectivity index (χ3n) is 3.23. The van der Waals surface area contributed by atoms with Crippen LogP contribution in [0.15, 0.2) is 48.5 Å². The van der Waals surface area contributed by atoms with Crippen molar-refractivity contribution in [3.8, 4) is 6.07 Å². The molecule has 0 bridgehead atoms. The zero-order valence-corrected chi connectivity index (χ0v) is 12.2. The molecule has 0 aliphatic heterocycles. The predicted molar refractivity (Wildman–Crippen MR) is 83.9 cm³/mol. The molecule has 102 valence electrons. The first-order valence-electron chi connectivity index (χ1n) is 6.75. The first-order chi connectivity index (χ1) is 9.74. The quantitative estimate of drug-likeness (QED) is 0.822. The summed E-state index contributed by atoms with van der Waals surface area (Å²) in [5.74, 6) is 0. The molecule has 0 saturated heterocycles. The highest BCUT2D eigenvalue weighted by Gasteiger charge is 2.12. The van der Waals surface area contributed by atoms with Gasteiger partial charge in [-0.25, -0.2) is 0 Å². The second-order valence-electron chi connectivity index (χ2n) is 4.69. The first-order valence-corrected chi connectivity index (χ1v) is 7.13. The van der Waals surface area contributed by atoms with Gasteiger partial charge in [-0.2, -0.15) is 5.26 Å². The molecule has 20 heavy (non-hydrogen) atoms. The molecular weight excluding hydrogens is 268 g/mol. The third-order valence-corrected chi connectivity index (χ3v) is 3.48. The summed E-state index contributed by atoms with van der Waals surface area (Å²) in [6.45, 7) is 2.15. The second kappa shape index (κ2) is 6.98. The Balaban J connectivity index is 2.26. The number of benzene rings is 2. The van der Waals surface area contributed by atoms with Gasteiger partial charge in [-0.15, -0.1) is 0 Å². The average Bonchev–Trinajstić information content (AvgIpc) is 2.48. The van der Waals surface area contributed by atoms with Crippen LogP contribution in [0.5, 0.6) is 0 Å². The van der Waals surface area contributed by atoms with Crippen molar-refractivity contribution in [2.24, 2.45) is 0 Å². The number of nitrogens with one attached hydrogen (secondary N) is 1. The van der Waals surface area contributed by atoms with Gasteiger partial charge in [-0.3, -0.25) is 0 Å². The summed E-state index contributed by atoms with van der Waals surface area (Å²) >= 11 is 5.94. The lowest BCUT2D eigenvalue weighted by molar-refractivity contribution is 0.677. The molecular formula is C17H17ClN2. The fourth-order valence-corrected chi connectivity index (χ4v) is 2.33. The SMILES string of the molecule is CCCC(Nc1ccccc1C#N)c1ccc(Cl)cc1. The van der Waals surface area contributed by atoms with E-state index in [2.05, 4.69) is 18.3 Å². The Hall–Kier alpha value is -1.98. The third kappa shape index (κ3) is 3.53. The summed E-state index contributed by atoms with van der Waals surface area (Å²) in [5.41, 5.74) is 2.73. The summed E-state index contributed by atoms with van der Waals surface area (Å²) in [5, 5.41) is 13.4. The van der Waals surface area contributed by atoms with E-state index < -0.39 is 0 Å². The number of nitriles is 1. The van der Waals surface area contributed by atoms with E-state index in [1.165, 1.54) is 5.56 Å². The van der Waals surface area contributed by atoms with Crippen LogP contribution in [0.2, 0.25) is 5.02 Å². The van der Waals surface area contributed by atoms with Gasteiger partial charge >= 0.3 is 0 Å². The fraction of sp³-hybridized carbons (Fsp3) is 0.235. The molecule has 0 aliphatic carbocycles. The molecule has 0 aromatic heterocycles. The molecule has 1 N–H and O–H groups in total. The zero-order chi connectivity index (χ0) is 14.4. The smallest absolute Gasteiger partial charge is 0.101 e. The van der Waals surface area contributed by atoms with Crippen molar-refractivity contribution in [1.29, 1.82) is 5.26 Å². The Morgan fingerprint density at radius 1 is 1.15 bits per heavy atom. The van der Waals surface area contributed by atoms with Crippen LogP contribution in [-0.4, -0.2) is 0 Å². The van der Waals surface area contributed by atoms with Crippen LogP contribution in [0.3, 0.4) is 0 Å². The Kier molecular flexibility index (Phi) is 5.03. The van der Waals surface area contributed by atoms with E-state index in [9.17, 15) is 0 Å². The van der Waals surface area contributed by atoms with Crippen molar-refractivity contribution in [3.63, 3.8) is 0 Å². The Morgan fingerprint density at radius 3 is 2.50 bits per heavy atom. The number of anilines is 1. The van der Waals surface area contributed by atoms with Crippen molar-refractivity contribution < 1.29 is 0 Å². The van der Waals surface area contributed by atoms with Gasteiger partial charge in [0.05, 0.1) is 17.3 Å². The van der Waals surface area contributed by atoms with E-state index in [0.717, 1.165) is 23.6 Å². The van der Waals surface area contributed by atoms with E-state index in [-0.39, 0.29) is 6.04 Å². The van der Waals surface area contributed by atoms with E-state index in [1.54, 1.807) is 0 Å². The number of halogens is 1. The predicted octanol–water partition coefficient (Wildman–Crippen LogP) is 5.16. The number of hydrogen-bond acceptors (Lipinski definition) is 2. The number of para-hydroxylation sites is 1. The van der Waals surface area contributed by atoms with Gasteiger partial charge in [-0.05, 0) is 36.2 Å². The van der Waals surface area contributed by atoms with Crippen LogP contribution < -0.4 is 5.32 Å². The van der Waals surface area contributed by atoms with Crippen molar-refractivity contribution in [3.05, 3.63) is 64.7 Å². The molecule has 0 saturated carbocycles. The van der Waals surface area contributed by atoms with Gasteiger partial charge in [0.25, 0.3) is 0 Å². The molecule has 1 unspecified atom stereocenters. The minimum absolute atomic E-state index is 0.187. The van der Waals surface area contributed by atoms with Gasteiger partial charge < -0.3 is 5.32 Å². The van der Waals surface area contributed by atoms with Crippen LogP contribution in [0, 0.1) is 11.3 Å². The average molecular weight is 285 g/mol. The summed E-state index contributed by atoms with van der Waals surface area (Å²) in [6, 6.07) is 17.9. The summed E-state index contributed by atoms with van der Waals surface area (Å²) in [7, 11) is 0. The Labute approximate surface area is 125 Å². The zero-order valence-electron chi connectivity index (χ0n) is 11.4. The monoisotopic (exact) mass is 284 g/mol. The molecule has 0 fully saturated rings. The van der Waals surface area contributed by atoms with E-state index in [1.807, 2.05) is 48.5 Å². The van der Waals surface area contributed by atoms with Crippen LogP contribution in [0.25, 0.3) is 0 Å². The fourth-order valence-electron chi connectivity index (χ4n) is 2.20. The van der Waals surface area contributed by atoms with E-state index in [4.69, 9.17) is 16.9 Å². The molecule has 0 spiro atoms. The second-order valence-corrected chi connectivity index (χ2v) is 5.13. The molecule has 0 aliphatic rings. The molecule has 2 rings (SSSR count). The van der Waals surface area contributed by atoms with Crippen molar-refractivity contribution >= 4 is 17.3 Å². The molecule has 0 radical (unpaired) electrons. The molecule has 1 atom stereocenters. The molecule has 3 heteroatoms. The summed E-state index contributed by atoms with van der Waals surface area (Å²) in [6.07, 6.45) is 2.07. The van der Waals surface area contributed by atoms with Crippen LogP contribution in [0.1, 0.15) is 36.9 Å². The van der Waals surface area contributed by atoms with E-state index in [0.29, 0.717) is 5.56 Å². The van der Waals surface area contributed by atoms with Gasteiger partial charge in [0.1, 0.15) is 6.07 Å². The largest absolute Gasteiger partial charge is 0.377 e. The molecule has 2 nitrogen and oxygen atoms in total. The van der Waals surface area contributed by atoms with Crippen molar-refractivity contribution in [2.75, 3.05) is 5.32 Å². The van der Waals surface area contributed by atoms with Gasteiger partial charge in [0, 0.05) is 5.02 Å². The minimum Gasteiger partial charge on any atom is -0.377 e. The van der Waals surface area contributed by atoms with Crippen LogP contribution in [-0.2, 0) is 0 Å². The molecule has 2 aromatic rings. The molecule has 0 heterocycles. The Bertz CT molecular complexity index is 599. The topological polar surface area (TPSA) is 35.8 Å². The number of nitrogens with zero attached hydrogens (tertiary/aromatic N) is 1. The van der Waals surface area contributed by atoms with E-state index >= 15 is 0 Å². The normalized spacial score (nSPS) is 11.7. The lowest BCUT2D eigenvalue weighted by Gasteiger charge is -2.20.